The second-order valence-electron chi connectivity index (χ2n) is 6.60. The molecule has 1 amide bonds. The highest BCUT2D eigenvalue weighted by atomic mass is 35.5. The molecule has 2 N–H and O–H groups in total. The number of carbonyl (C=O) groups excluding carboxylic acids is 1. The van der Waals surface area contributed by atoms with Gasteiger partial charge in [0.1, 0.15) is 5.69 Å². The lowest BCUT2D eigenvalue weighted by atomic mass is 10.1. The third-order valence-corrected chi connectivity index (χ3v) is 4.74. The summed E-state index contributed by atoms with van der Waals surface area (Å²) in [6, 6.07) is 9.06. The van der Waals surface area contributed by atoms with Crippen LogP contribution in [0.4, 0.5) is 5.88 Å². The van der Waals surface area contributed by atoms with E-state index >= 15 is 0 Å². The van der Waals surface area contributed by atoms with Gasteiger partial charge in [-0.1, -0.05) is 35.3 Å². The normalized spacial score (nSPS) is 14.0. The number of nitrogens with one attached hydrogen (secondary N) is 1. The van der Waals surface area contributed by atoms with Gasteiger partial charge >= 0.3 is 0 Å². The summed E-state index contributed by atoms with van der Waals surface area (Å²) in [7, 11) is 0. The van der Waals surface area contributed by atoms with Crippen LogP contribution in [0.1, 0.15) is 38.5 Å². The number of rotatable bonds is 7. The van der Waals surface area contributed by atoms with Crippen LogP contribution in [-0.2, 0) is 9.59 Å². The standard InChI is InChI=1S/C19H24ClN3O2.CH2O2/c20-16-9-7-15(8-10-16)17-14-19(25-22-17)21-18(24)6-2-5-13-23-11-3-1-4-12-23;2-1-3/h7-10,14H,1-6,11-13H2,(H,21,24);1H,(H,2,3). The average molecular weight is 408 g/mol. The second-order valence-corrected chi connectivity index (χ2v) is 7.03. The Kier molecular flexibility index (Phi) is 9.51. The molecule has 0 aliphatic carbocycles. The van der Waals surface area contributed by atoms with Gasteiger partial charge in [0, 0.05) is 23.1 Å². The number of benzene rings is 1. The van der Waals surface area contributed by atoms with Crippen LogP contribution in [0.3, 0.4) is 0 Å². The van der Waals surface area contributed by atoms with Gasteiger partial charge in [0.2, 0.25) is 11.8 Å². The molecule has 1 saturated heterocycles. The van der Waals surface area contributed by atoms with Crippen molar-refractivity contribution in [3.63, 3.8) is 0 Å². The van der Waals surface area contributed by atoms with E-state index in [9.17, 15) is 4.79 Å². The molecule has 1 aromatic heterocycles. The quantitative estimate of drug-likeness (QED) is 0.525. The summed E-state index contributed by atoms with van der Waals surface area (Å²) in [6.07, 6.45) is 6.42. The van der Waals surface area contributed by atoms with Gasteiger partial charge in [0.05, 0.1) is 0 Å². The van der Waals surface area contributed by atoms with Gasteiger partial charge in [-0.3, -0.25) is 14.9 Å². The maximum absolute atomic E-state index is 12.0. The smallest absolute Gasteiger partial charge is 0.290 e. The van der Waals surface area contributed by atoms with E-state index in [1.54, 1.807) is 18.2 Å². The number of hydrogen-bond acceptors (Lipinski definition) is 5. The van der Waals surface area contributed by atoms with Gasteiger partial charge in [-0.05, 0) is 57.5 Å². The molecule has 8 heteroatoms. The fourth-order valence-electron chi connectivity index (χ4n) is 3.09. The third-order valence-electron chi connectivity index (χ3n) is 4.49. The van der Waals surface area contributed by atoms with E-state index in [2.05, 4.69) is 15.4 Å². The van der Waals surface area contributed by atoms with Crippen LogP contribution in [0.5, 0.6) is 0 Å². The number of aromatic nitrogens is 1. The molecule has 1 fully saturated rings. The molecule has 1 aromatic carbocycles. The molecule has 3 rings (SSSR count). The maximum atomic E-state index is 12.0. The van der Waals surface area contributed by atoms with E-state index in [1.807, 2.05) is 12.1 Å². The SMILES string of the molecule is O=C(CCCCN1CCCCC1)Nc1cc(-c2ccc(Cl)cc2)no1.O=CO. The van der Waals surface area contributed by atoms with Crippen molar-refractivity contribution in [2.24, 2.45) is 0 Å². The highest BCUT2D eigenvalue weighted by molar-refractivity contribution is 6.30. The highest BCUT2D eigenvalue weighted by Crippen LogP contribution is 2.23. The number of piperidine rings is 1. The second kappa shape index (κ2) is 12.2. The Labute approximate surface area is 169 Å². The monoisotopic (exact) mass is 407 g/mol. The Hall–Kier alpha value is -2.38. The predicted molar refractivity (Wildman–Crippen MR) is 108 cm³/mol. The number of carbonyl (C=O) groups is 2. The summed E-state index contributed by atoms with van der Waals surface area (Å²) in [5, 5.41) is 14.3. The number of likely N-dealkylation sites (tertiary alicyclic amines) is 1. The summed E-state index contributed by atoms with van der Waals surface area (Å²) < 4.78 is 5.20. The Morgan fingerprint density at radius 2 is 1.89 bits per heavy atom. The average Bonchev–Trinajstić information content (AvgIpc) is 3.16. The van der Waals surface area contributed by atoms with Crippen molar-refractivity contribution < 1.29 is 19.2 Å². The molecule has 0 radical (unpaired) electrons. The lowest BCUT2D eigenvalue weighted by Gasteiger charge is -2.26. The molecule has 1 aliphatic heterocycles. The summed E-state index contributed by atoms with van der Waals surface area (Å²) in [4.78, 5) is 22.9. The Morgan fingerprint density at radius 3 is 2.57 bits per heavy atom. The number of halogens is 1. The van der Waals surface area contributed by atoms with E-state index in [4.69, 9.17) is 26.0 Å². The molecule has 152 valence electrons. The van der Waals surface area contributed by atoms with Crippen molar-refractivity contribution in [3.8, 4) is 11.3 Å². The molecular formula is C20H26ClN3O4. The molecule has 1 aliphatic rings. The van der Waals surface area contributed by atoms with Crippen LogP contribution in [0, 0.1) is 0 Å². The minimum Gasteiger partial charge on any atom is -0.483 e. The first-order valence-electron chi connectivity index (χ1n) is 9.45. The minimum absolute atomic E-state index is 0.0301. The predicted octanol–water partition coefficient (Wildman–Crippen LogP) is 4.29. The summed E-state index contributed by atoms with van der Waals surface area (Å²) in [6.45, 7) is 3.26. The van der Waals surface area contributed by atoms with Crippen LogP contribution < -0.4 is 5.32 Å². The van der Waals surface area contributed by atoms with Crippen molar-refractivity contribution in [2.45, 2.75) is 38.5 Å². The molecular weight excluding hydrogens is 382 g/mol. The van der Waals surface area contributed by atoms with Crippen molar-refractivity contribution >= 4 is 29.9 Å². The number of carboxylic acid groups (broad SMARTS) is 1. The lowest BCUT2D eigenvalue weighted by molar-refractivity contribution is -0.123. The topological polar surface area (TPSA) is 95.7 Å². The molecule has 7 nitrogen and oxygen atoms in total. The van der Waals surface area contributed by atoms with Crippen LogP contribution in [0.2, 0.25) is 5.02 Å². The van der Waals surface area contributed by atoms with Crippen LogP contribution in [0.15, 0.2) is 34.9 Å². The first kappa shape index (κ1) is 21.9. The largest absolute Gasteiger partial charge is 0.483 e. The van der Waals surface area contributed by atoms with Crippen molar-refractivity contribution in [3.05, 3.63) is 35.4 Å². The number of hydrogen-bond donors (Lipinski definition) is 2. The van der Waals surface area contributed by atoms with E-state index < -0.39 is 0 Å². The van der Waals surface area contributed by atoms with Crippen molar-refractivity contribution in [2.75, 3.05) is 25.0 Å². The molecule has 2 aromatic rings. The molecule has 0 bridgehead atoms. The van der Waals surface area contributed by atoms with Gasteiger partial charge < -0.3 is 14.5 Å². The molecule has 2 heterocycles. The lowest BCUT2D eigenvalue weighted by Crippen LogP contribution is -2.30. The van der Waals surface area contributed by atoms with E-state index in [0.717, 1.165) is 24.9 Å². The zero-order valence-corrected chi connectivity index (χ0v) is 16.5. The van der Waals surface area contributed by atoms with Crippen LogP contribution in [-0.4, -0.2) is 47.2 Å². The summed E-state index contributed by atoms with van der Waals surface area (Å²) >= 11 is 5.88. The fraction of sp³-hybridized carbons (Fsp3) is 0.450. The first-order chi connectivity index (χ1) is 13.6. The first-order valence-corrected chi connectivity index (χ1v) is 9.83. The number of unbranched alkanes of at least 4 members (excludes halogenated alkanes) is 1. The van der Waals surface area contributed by atoms with Gasteiger partial charge in [0.25, 0.3) is 6.47 Å². The zero-order chi connectivity index (χ0) is 20.2. The van der Waals surface area contributed by atoms with Gasteiger partial charge in [-0.25, -0.2) is 0 Å². The third kappa shape index (κ3) is 7.70. The minimum atomic E-state index is -0.250. The summed E-state index contributed by atoms with van der Waals surface area (Å²) in [5.41, 5.74) is 1.58. The van der Waals surface area contributed by atoms with Gasteiger partial charge in [0.15, 0.2) is 0 Å². The molecule has 0 unspecified atom stereocenters. The van der Waals surface area contributed by atoms with E-state index in [1.165, 1.54) is 32.4 Å². The van der Waals surface area contributed by atoms with Crippen molar-refractivity contribution in [1.29, 1.82) is 0 Å². The Bertz CT molecular complexity index is 727. The van der Waals surface area contributed by atoms with E-state index in [-0.39, 0.29) is 12.4 Å². The Morgan fingerprint density at radius 1 is 1.21 bits per heavy atom. The number of amides is 1. The molecule has 0 spiro atoms. The molecule has 0 saturated carbocycles. The van der Waals surface area contributed by atoms with Gasteiger partial charge in [-0.2, -0.15) is 0 Å². The fourth-order valence-corrected chi connectivity index (χ4v) is 3.22. The summed E-state index contributed by atoms with van der Waals surface area (Å²) in [5.74, 6) is 0.350. The van der Waals surface area contributed by atoms with E-state index in [0.29, 0.717) is 23.0 Å². The number of nitrogens with zero attached hydrogens (tertiary/aromatic N) is 2. The van der Waals surface area contributed by atoms with Crippen LogP contribution in [0.25, 0.3) is 11.3 Å². The molecule has 28 heavy (non-hydrogen) atoms. The van der Waals surface area contributed by atoms with Crippen LogP contribution >= 0.6 is 11.6 Å². The Balaban J connectivity index is 0.000000878. The molecule has 0 atom stereocenters. The highest BCUT2D eigenvalue weighted by Gasteiger charge is 2.11. The number of anilines is 1. The zero-order valence-electron chi connectivity index (χ0n) is 15.8. The maximum Gasteiger partial charge on any atom is 0.290 e. The van der Waals surface area contributed by atoms with Gasteiger partial charge in [-0.15, -0.1) is 0 Å². The van der Waals surface area contributed by atoms with Crippen molar-refractivity contribution in [1.82, 2.24) is 10.1 Å².